The number of rotatable bonds is 3. The lowest BCUT2D eigenvalue weighted by Gasteiger charge is -2.05. The summed E-state index contributed by atoms with van der Waals surface area (Å²) in [6.45, 7) is 1.87. The first kappa shape index (κ1) is 15.5. The van der Waals surface area contributed by atoms with E-state index >= 15 is 0 Å². The molecule has 0 unspecified atom stereocenters. The first-order valence-corrected chi connectivity index (χ1v) is 7.84. The summed E-state index contributed by atoms with van der Waals surface area (Å²) < 4.78 is 13.6. The summed E-state index contributed by atoms with van der Waals surface area (Å²) in [6, 6.07) is 7.74. The first-order valence-electron chi connectivity index (χ1n) is 7.46. The minimum absolute atomic E-state index is 0.382. The van der Waals surface area contributed by atoms with Crippen LogP contribution < -0.4 is 5.32 Å². The molecule has 1 aromatic carbocycles. The van der Waals surface area contributed by atoms with E-state index in [-0.39, 0.29) is 5.82 Å². The van der Waals surface area contributed by atoms with Crippen LogP contribution in [-0.2, 0) is 0 Å². The van der Waals surface area contributed by atoms with Crippen molar-refractivity contribution in [1.29, 1.82) is 0 Å². The third kappa shape index (κ3) is 3.01. The average molecular weight is 355 g/mol. The number of fused-ring (bicyclic) bond motifs is 1. The van der Waals surface area contributed by atoms with Crippen molar-refractivity contribution in [1.82, 2.24) is 24.9 Å². The Morgan fingerprint density at radius 1 is 1.12 bits per heavy atom. The number of hydrogen-bond donors (Lipinski definition) is 2. The van der Waals surface area contributed by atoms with Crippen molar-refractivity contribution in [2.24, 2.45) is 0 Å². The number of aromatic amines is 1. The Kier molecular flexibility index (Phi) is 3.77. The molecule has 3 heterocycles. The Balaban J connectivity index is 1.80. The van der Waals surface area contributed by atoms with E-state index in [1.54, 1.807) is 18.3 Å². The first-order chi connectivity index (χ1) is 12.1. The van der Waals surface area contributed by atoms with Gasteiger partial charge in [0.25, 0.3) is 0 Å². The van der Waals surface area contributed by atoms with Crippen LogP contribution in [-0.4, -0.2) is 24.9 Å². The van der Waals surface area contributed by atoms with Crippen molar-refractivity contribution >= 4 is 34.3 Å². The van der Waals surface area contributed by atoms with Crippen LogP contribution >= 0.6 is 11.6 Å². The van der Waals surface area contributed by atoms with E-state index in [1.807, 2.05) is 6.92 Å². The second kappa shape index (κ2) is 6.10. The summed E-state index contributed by atoms with van der Waals surface area (Å²) in [5, 5.41) is 3.54. The lowest BCUT2D eigenvalue weighted by molar-refractivity contribution is 0.628. The normalized spacial score (nSPS) is 11.0. The van der Waals surface area contributed by atoms with Crippen LogP contribution in [0.2, 0.25) is 5.02 Å². The molecule has 0 spiro atoms. The standard InChI is InChI=1S/C17H12ClFN6/c1-9-6-14(22-8-21-9)24-17-15-13(4-5-20-17)23-16(25-15)11-7-10(19)2-3-12(11)18/h2-8H,1H3,(H,23,25)(H,20,21,22,24). The zero-order valence-electron chi connectivity index (χ0n) is 13.1. The summed E-state index contributed by atoms with van der Waals surface area (Å²) in [5.41, 5.74) is 2.67. The lowest BCUT2D eigenvalue weighted by Crippen LogP contribution is -1.98. The molecule has 0 bridgehead atoms. The minimum atomic E-state index is -0.382. The highest BCUT2D eigenvalue weighted by Gasteiger charge is 2.13. The highest BCUT2D eigenvalue weighted by Crippen LogP contribution is 2.30. The SMILES string of the molecule is Cc1cc(Nc2nccc3[nH]c(-c4cc(F)ccc4Cl)nc23)ncn1. The predicted octanol–water partition coefficient (Wildman–Crippen LogP) is 4.26. The van der Waals surface area contributed by atoms with Gasteiger partial charge < -0.3 is 10.3 Å². The number of nitrogens with zero attached hydrogens (tertiary/aromatic N) is 4. The molecule has 8 heteroatoms. The summed E-state index contributed by atoms with van der Waals surface area (Å²) in [4.78, 5) is 20.2. The molecule has 2 N–H and O–H groups in total. The van der Waals surface area contributed by atoms with Crippen molar-refractivity contribution in [2.45, 2.75) is 6.92 Å². The number of anilines is 2. The van der Waals surface area contributed by atoms with Crippen LogP contribution in [0.4, 0.5) is 16.0 Å². The molecule has 3 aromatic heterocycles. The van der Waals surface area contributed by atoms with Gasteiger partial charge in [0, 0.05) is 23.5 Å². The van der Waals surface area contributed by atoms with Gasteiger partial charge in [-0.1, -0.05) is 11.6 Å². The van der Waals surface area contributed by atoms with Crippen molar-refractivity contribution < 1.29 is 4.39 Å². The summed E-state index contributed by atoms with van der Waals surface area (Å²) >= 11 is 6.17. The fourth-order valence-corrected chi connectivity index (χ4v) is 2.68. The highest BCUT2D eigenvalue weighted by atomic mass is 35.5. The van der Waals surface area contributed by atoms with Gasteiger partial charge in [-0.15, -0.1) is 0 Å². The van der Waals surface area contributed by atoms with Crippen LogP contribution in [0, 0.1) is 12.7 Å². The molecule has 25 heavy (non-hydrogen) atoms. The van der Waals surface area contributed by atoms with Crippen molar-refractivity contribution in [3.8, 4) is 11.4 Å². The molecule has 6 nitrogen and oxygen atoms in total. The molecule has 0 atom stereocenters. The number of aromatic nitrogens is 5. The summed E-state index contributed by atoms with van der Waals surface area (Å²) in [5.74, 6) is 1.23. The smallest absolute Gasteiger partial charge is 0.159 e. The zero-order valence-corrected chi connectivity index (χ0v) is 13.8. The number of benzene rings is 1. The molecule has 124 valence electrons. The number of hydrogen-bond acceptors (Lipinski definition) is 5. The van der Waals surface area contributed by atoms with E-state index < -0.39 is 0 Å². The lowest BCUT2D eigenvalue weighted by atomic mass is 10.2. The quantitative estimate of drug-likeness (QED) is 0.574. The van der Waals surface area contributed by atoms with Gasteiger partial charge in [-0.2, -0.15) is 0 Å². The van der Waals surface area contributed by atoms with Gasteiger partial charge in [0.1, 0.15) is 29.3 Å². The number of halogens is 2. The second-order valence-corrected chi connectivity index (χ2v) is 5.84. The highest BCUT2D eigenvalue weighted by molar-refractivity contribution is 6.33. The number of pyridine rings is 1. The van der Waals surface area contributed by atoms with E-state index in [2.05, 4.69) is 30.2 Å². The van der Waals surface area contributed by atoms with Crippen LogP contribution in [0.25, 0.3) is 22.4 Å². The van der Waals surface area contributed by atoms with Gasteiger partial charge in [0.05, 0.1) is 10.5 Å². The van der Waals surface area contributed by atoms with E-state index in [4.69, 9.17) is 11.6 Å². The number of H-pyrrole nitrogens is 1. The third-order valence-electron chi connectivity index (χ3n) is 3.63. The van der Waals surface area contributed by atoms with Crippen LogP contribution in [0.1, 0.15) is 5.69 Å². The van der Waals surface area contributed by atoms with E-state index in [0.29, 0.717) is 33.6 Å². The molecule has 0 aliphatic carbocycles. The van der Waals surface area contributed by atoms with Crippen LogP contribution in [0.15, 0.2) is 42.9 Å². The third-order valence-corrected chi connectivity index (χ3v) is 3.96. The topological polar surface area (TPSA) is 79.4 Å². The van der Waals surface area contributed by atoms with Crippen LogP contribution in [0.3, 0.4) is 0 Å². The second-order valence-electron chi connectivity index (χ2n) is 5.43. The average Bonchev–Trinajstić information content (AvgIpc) is 3.02. The molecule has 4 aromatic rings. The fraction of sp³-hybridized carbons (Fsp3) is 0.0588. The number of nitrogens with one attached hydrogen (secondary N) is 2. The fourth-order valence-electron chi connectivity index (χ4n) is 2.48. The largest absolute Gasteiger partial charge is 0.338 e. The minimum Gasteiger partial charge on any atom is -0.338 e. The molecule has 0 fully saturated rings. The Bertz CT molecular complexity index is 1080. The Labute approximate surface area is 147 Å². The van der Waals surface area contributed by atoms with E-state index in [1.165, 1.54) is 24.5 Å². The monoisotopic (exact) mass is 354 g/mol. The molecule has 4 rings (SSSR count). The van der Waals surface area contributed by atoms with Gasteiger partial charge in [-0.05, 0) is 31.2 Å². The molecule has 0 aliphatic heterocycles. The molecule has 0 saturated heterocycles. The molecule has 0 aliphatic rings. The Hall–Kier alpha value is -3.06. The number of imidazole rings is 1. The Morgan fingerprint density at radius 2 is 2.00 bits per heavy atom. The van der Waals surface area contributed by atoms with Gasteiger partial charge in [0.15, 0.2) is 5.82 Å². The molecule has 0 radical (unpaired) electrons. The predicted molar refractivity (Wildman–Crippen MR) is 94.3 cm³/mol. The maximum absolute atomic E-state index is 13.6. The Morgan fingerprint density at radius 3 is 2.84 bits per heavy atom. The molecular formula is C17H12ClFN6. The van der Waals surface area contributed by atoms with E-state index in [0.717, 1.165) is 11.2 Å². The zero-order chi connectivity index (χ0) is 17.4. The number of aryl methyl sites for hydroxylation is 1. The van der Waals surface area contributed by atoms with Crippen molar-refractivity contribution in [3.05, 3.63) is 59.4 Å². The maximum Gasteiger partial charge on any atom is 0.159 e. The maximum atomic E-state index is 13.6. The summed E-state index contributed by atoms with van der Waals surface area (Å²) in [6.07, 6.45) is 3.12. The van der Waals surface area contributed by atoms with Crippen molar-refractivity contribution in [3.63, 3.8) is 0 Å². The van der Waals surface area contributed by atoms with Crippen molar-refractivity contribution in [2.75, 3.05) is 5.32 Å². The molecular weight excluding hydrogens is 343 g/mol. The molecule has 0 saturated carbocycles. The van der Waals surface area contributed by atoms with Gasteiger partial charge >= 0.3 is 0 Å². The van der Waals surface area contributed by atoms with Gasteiger partial charge in [0.2, 0.25) is 0 Å². The summed E-state index contributed by atoms with van der Waals surface area (Å²) in [7, 11) is 0. The molecule has 0 amide bonds. The van der Waals surface area contributed by atoms with Gasteiger partial charge in [-0.3, -0.25) is 0 Å². The van der Waals surface area contributed by atoms with E-state index in [9.17, 15) is 4.39 Å². The van der Waals surface area contributed by atoms with Crippen LogP contribution in [0.5, 0.6) is 0 Å². The van der Waals surface area contributed by atoms with Gasteiger partial charge in [-0.25, -0.2) is 24.3 Å².